The van der Waals surface area contributed by atoms with Crippen molar-refractivity contribution in [1.29, 1.82) is 0 Å². The van der Waals surface area contributed by atoms with Crippen LogP contribution in [0.15, 0.2) is 42.5 Å². The van der Waals surface area contributed by atoms with Gasteiger partial charge in [0, 0.05) is 16.3 Å². The van der Waals surface area contributed by atoms with Gasteiger partial charge in [-0.05, 0) is 42.2 Å². The molecule has 0 saturated carbocycles. The predicted molar refractivity (Wildman–Crippen MR) is 100 cm³/mol. The van der Waals surface area contributed by atoms with Crippen molar-refractivity contribution in [3.05, 3.63) is 64.2 Å². The standard InChI is InChI=1S/C20H20ClF3N2O/c1-3-13-6-5-7-14(10-13)19(4-2)16-11-15(21)8-9-17(16)25-18(27)26(19)12-20(22,23)24/h5-11H,3-4,12H2,1-2H3,(H,25,27). The molecule has 0 aliphatic carbocycles. The lowest BCUT2D eigenvalue weighted by Crippen LogP contribution is -2.57. The molecule has 0 radical (unpaired) electrons. The van der Waals surface area contributed by atoms with Crippen LogP contribution in [0.5, 0.6) is 0 Å². The summed E-state index contributed by atoms with van der Waals surface area (Å²) in [6.07, 6.45) is -3.52. The highest BCUT2D eigenvalue weighted by atomic mass is 35.5. The van der Waals surface area contributed by atoms with E-state index in [2.05, 4.69) is 5.32 Å². The Hall–Kier alpha value is -2.21. The molecular weight excluding hydrogens is 377 g/mol. The third-order valence-electron chi connectivity index (χ3n) is 5.04. The molecule has 2 aromatic carbocycles. The molecule has 27 heavy (non-hydrogen) atoms. The molecule has 0 spiro atoms. The summed E-state index contributed by atoms with van der Waals surface area (Å²) in [5, 5.41) is 2.98. The highest BCUT2D eigenvalue weighted by Crippen LogP contribution is 2.47. The molecule has 7 heteroatoms. The number of aryl methyl sites for hydroxylation is 1. The van der Waals surface area contributed by atoms with Gasteiger partial charge in [-0.1, -0.05) is 49.7 Å². The molecule has 0 fully saturated rings. The van der Waals surface area contributed by atoms with Gasteiger partial charge in [-0.2, -0.15) is 13.2 Å². The third-order valence-corrected chi connectivity index (χ3v) is 5.27. The van der Waals surface area contributed by atoms with Crippen molar-refractivity contribution in [2.45, 2.75) is 38.4 Å². The van der Waals surface area contributed by atoms with Gasteiger partial charge in [-0.25, -0.2) is 4.79 Å². The number of nitrogens with zero attached hydrogens (tertiary/aromatic N) is 1. The summed E-state index contributed by atoms with van der Waals surface area (Å²) >= 11 is 6.17. The van der Waals surface area contributed by atoms with E-state index >= 15 is 0 Å². The van der Waals surface area contributed by atoms with Gasteiger partial charge < -0.3 is 10.2 Å². The first-order valence-corrected chi connectivity index (χ1v) is 9.14. The van der Waals surface area contributed by atoms with Crippen LogP contribution in [0, 0.1) is 0 Å². The topological polar surface area (TPSA) is 32.3 Å². The molecule has 2 amide bonds. The fourth-order valence-corrected chi connectivity index (χ4v) is 3.97. The number of nitrogens with one attached hydrogen (secondary N) is 1. The van der Waals surface area contributed by atoms with Crippen LogP contribution in [0.4, 0.5) is 23.7 Å². The number of urea groups is 1. The Bertz CT molecular complexity index is 869. The Morgan fingerprint density at radius 1 is 1.15 bits per heavy atom. The average molecular weight is 397 g/mol. The van der Waals surface area contributed by atoms with Gasteiger partial charge in [-0.3, -0.25) is 0 Å². The number of carbonyl (C=O) groups excluding carboxylic acids is 1. The number of hydrogen-bond acceptors (Lipinski definition) is 1. The molecule has 1 N–H and O–H groups in total. The number of carbonyl (C=O) groups is 1. The first-order valence-electron chi connectivity index (χ1n) is 8.76. The zero-order chi connectivity index (χ0) is 19.8. The second-order valence-electron chi connectivity index (χ2n) is 6.59. The highest BCUT2D eigenvalue weighted by Gasteiger charge is 2.50. The van der Waals surface area contributed by atoms with E-state index in [0.717, 1.165) is 16.9 Å². The van der Waals surface area contributed by atoms with Crippen LogP contribution in [0.1, 0.15) is 37.0 Å². The maximum absolute atomic E-state index is 13.4. The first-order chi connectivity index (χ1) is 12.7. The lowest BCUT2D eigenvalue weighted by Gasteiger charge is -2.48. The summed E-state index contributed by atoms with van der Waals surface area (Å²) in [6.45, 7) is 2.41. The minimum Gasteiger partial charge on any atom is -0.307 e. The van der Waals surface area contributed by atoms with E-state index in [1.54, 1.807) is 31.2 Å². The van der Waals surface area contributed by atoms with Gasteiger partial charge in [0.1, 0.15) is 6.54 Å². The lowest BCUT2D eigenvalue weighted by molar-refractivity contribution is -0.148. The highest BCUT2D eigenvalue weighted by molar-refractivity contribution is 6.30. The van der Waals surface area contributed by atoms with Crippen LogP contribution in [0.2, 0.25) is 5.02 Å². The summed E-state index contributed by atoms with van der Waals surface area (Å²) in [7, 11) is 0. The normalized spacial score (nSPS) is 19.6. The molecule has 0 aromatic heterocycles. The molecule has 3 nitrogen and oxygen atoms in total. The quantitative estimate of drug-likeness (QED) is 0.678. The Balaban J connectivity index is 2.32. The average Bonchev–Trinajstić information content (AvgIpc) is 2.62. The number of fused-ring (bicyclic) bond motifs is 1. The van der Waals surface area contributed by atoms with Crippen LogP contribution in [0.25, 0.3) is 0 Å². The maximum atomic E-state index is 13.4. The maximum Gasteiger partial charge on any atom is 0.406 e. The monoisotopic (exact) mass is 396 g/mol. The molecule has 3 rings (SSSR count). The van der Waals surface area contributed by atoms with E-state index in [1.807, 2.05) is 25.1 Å². The lowest BCUT2D eigenvalue weighted by atomic mass is 9.76. The van der Waals surface area contributed by atoms with Crippen molar-refractivity contribution in [1.82, 2.24) is 4.90 Å². The van der Waals surface area contributed by atoms with E-state index in [9.17, 15) is 18.0 Å². The van der Waals surface area contributed by atoms with Gasteiger partial charge in [0.2, 0.25) is 0 Å². The number of anilines is 1. The van der Waals surface area contributed by atoms with Gasteiger partial charge in [-0.15, -0.1) is 0 Å². The number of amides is 2. The van der Waals surface area contributed by atoms with Gasteiger partial charge in [0.25, 0.3) is 0 Å². The molecular formula is C20H20ClF3N2O. The molecule has 0 saturated heterocycles. The Morgan fingerprint density at radius 2 is 1.89 bits per heavy atom. The SMILES string of the molecule is CCc1cccc(C2(CC)c3cc(Cl)ccc3NC(=O)N2CC(F)(F)F)c1. The van der Waals surface area contributed by atoms with Crippen LogP contribution < -0.4 is 5.32 Å². The zero-order valence-corrected chi connectivity index (χ0v) is 15.8. The van der Waals surface area contributed by atoms with E-state index < -0.39 is 24.3 Å². The molecule has 144 valence electrons. The molecule has 1 heterocycles. The molecule has 1 aliphatic rings. The Labute approximate surface area is 161 Å². The predicted octanol–water partition coefficient (Wildman–Crippen LogP) is 5.97. The van der Waals surface area contributed by atoms with Gasteiger partial charge in [0.05, 0.1) is 5.54 Å². The Kier molecular flexibility index (Phi) is 5.12. The van der Waals surface area contributed by atoms with Crippen molar-refractivity contribution in [2.24, 2.45) is 0 Å². The smallest absolute Gasteiger partial charge is 0.307 e. The van der Waals surface area contributed by atoms with Crippen molar-refractivity contribution >= 4 is 23.3 Å². The molecule has 1 aliphatic heterocycles. The van der Waals surface area contributed by atoms with E-state index in [4.69, 9.17) is 11.6 Å². The van der Waals surface area contributed by atoms with Crippen molar-refractivity contribution in [3.8, 4) is 0 Å². The fraction of sp³-hybridized carbons (Fsp3) is 0.350. The van der Waals surface area contributed by atoms with Crippen LogP contribution in [-0.2, 0) is 12.0 Å². The number of halogens is 4. The largest absolute Gasteiger partial charge is 0.406 e. The summed E-state index contributed by atoms with van der Waals surface area (Å²) < 4.78 is 40.1. The minimum absolute atomic E-state index is 0.275. The number of benzene rings is 2. The van der Waals surface area contributed by atoms with Crippen molar-refractivity contribution in [2.75, 3.05) is 11.9 Å². The fourth-order valence-electron chi connectivity index (χ4n) is 3.80. The van der Waals surface area contributed by atoms with Crippen LogP contribution in [-0.4, -0.2) is 23.7 Å². The van der Waals surface area contributed by atoms with Crippen LogP contribution in [0.3, 0.4) is 0 Å². The van der Waals surface area contributed by atoms with Crippen molar-refractivity contribution in [3.63, 3.8) is 0 Å². The minimum atomic E-state index is -4.53. The van der Waals surface area contributed by atoms with Gasteiger partial charge >= 0.3 is 12.2 Å². The second kappa shape index (κ2) is 7.08. The van der Waals surface area contributed by atoms with Crippen molar-refractivity contribution < 1.29 is 18.0 Å². The summed E-state index contributed by atoms with van der Waals surface area (Å²) in [6, 6.07) is 11.5. The number of alkyl halides is 3. The molecule has 2 aromatic rings. The molecule has 1 atom stereocenters. The Morgan fingerprint density at radius 3 is 2.52 bits per heavy atom. The van der Waals surface area contributed by atoms with Crippen LogP contribution >= 0.6 is 11.6 Å². The molecule has 0 bridgehead atoms. The number of hydrogen-bond donors (Lipinski definition) is 1. The second-order valence-corrected chi connectivity index (χ2v) is 7.03. The summed E-state index contributed by atoms with van der Waals surface area (Å²) in [5.41, 5.74) is 1.42. The summed E-state index contributed by atoms with van der Waals surface area (Å²) in [4.78, 5) is 13.6. The molecule has 1 unspecified atom stereocenters. The van der Waals surface area contributed by atoms with E-state index in [-0.39, 0.29) is 6.42 Å². The van der Waals surface area contributed by atoms with E-state index in [0.29, 0.717) is 21.8 Å². The van der Waals surface area contributed by atoms with E-state index in [1.165, 1.54) is 0 Å². The summed E-state index contributed by atoms with van der Waals surface area (Å²) in [5.74, 6) is 0. The first kappa shape index (κ1) is 19.5. The number of rotatable bonds is 4. The third kappa shape index (κ3) is 3.50. The zero-order valence-electron chi connectivity index (χ0n) is 15.0. The van der Waals surface area contributed by atoms with Gasteiger partial charge in [0.15, 0.2) is 0 Å².